The number of carbonyl (C=O) groups excluding carboxylic acids is 2. The molecule has 18 heteroatoms. The van der Waals surface area contributed by atoms with Crippen molar-refractivity contribution < 1.29 is 27.2 Å². The van der Waals surface area contributed by atoms with Crippen LogP contribution < -0.4 is 0 Å². The van der Waals surface area contributed by atoms with E-state index in [1.54, 1.807) is 37.6 Å². The van der Waals surface area contributed by atoms with Crippen molar-refractivity contribution in [2.45, 2.75) is 39.0 Å². The number of benzene rings is 2. The molecule has 0 radical (unpaired) electrons. The zero-order valence-electron chi connectivity index (χ0n) is 29.0. The Kier molecular flexibility index (Phi) is 11.6. The average Bonchev–Trinajstić information content (AvgIpc) is 3.81. The molecule has 288 valence electrons. The van der Waals surface area contributed by atoms with Gasteiger partial charge < -0.3 is 9.80 Å². The lowest BCUT2D eigenvalue weighted by Crippen LogP contribution is -2.39. The molecule has 2 aromatic carbocycles. The van der Waals surface area contributed by atoms with E-state index in [4.69, 9.17) is 46.4 Å². The summed E-state index contributed by atoms with van der Waals surface area (Å²) in [6, 6.07) is 11.4. The maximum absolute atomic E-state index is 14.2. The van der Waals surface area contributed by atoms with Crippen molar-refractivity contribution in [1.29, 1.82) is 0 Å². The number of aromatic nitrogens is 6. The number of rotatable bonds is 6. The lowest BCUT2D eigenvalue weighted by molar-refractivity contribution is -0.132. The van der Waals surface area contributed by atoms with Gasteiger partial charge in [-0.1, -0.05) is 58.5 Å². The van der Waals surface area contributed by atoms with Crippen LogP contribution in [-0.2, 0) is 48.6 Å². The summed E-state index contributed by atoms with van der Waals surface area (Å²) in [4.78, 5) is 36.6. The van der Waals surface area contributed by atoms with Gasteiger partial charge in [-0.05, 0) is 47.5 Å². The normalized spacial score (nSPS) is 13.5. The molecule has 0 N–H and O–H groups in total. The Morgan fingerprint density at radius 1 is 0.554 bits per heavy atom. The minimum atomic E-state index is -0.596. The Bertz CT molecular complexity index is 2480. The first-order valence-electron chi connectivity index (χ1n) is 17.0. The lowest BCUT2D eigenvalue weighted by Gasteiger charge is -2.28. The molecule has 0 fully saturated rings. The maximum Gasteiger partial charge on any atom is 0.227 e. The zero-order chi connectivity index (χ0) is 39.7. The molecule has 0 spiro atoms. The Hall–Kier alpha value is -5.02. The molecule has 2 amide bonds. The highest BCUT2D eigenvalue weighted by atomic mass is 35.5. The first kappa shape index (κ1) is 39.2. The molecule has 0 saturated heterocycles. The van der Waals surface area contributed by atoms with Crippen molar-refractivity contribution in [2.75, 3.05) is 13.1 Å². The smallest absolute Gasteiger partial charge is 0.227 e. The fraction of sp³-hybridized carbons (Fsp3) is 0.211. The van der Waals surface area contributed by atoms with Crippen molar-refractivity contribution in [1.82, 2.24) is 39.3 Å². The number of nitrogens with zero attached hydrogens (tertiary/aromatic N) is 8. The highest BCUT2D eigenvalue weighted by Crippen LogP contribution is 2.31. The predicted molar refractivity (Wildman–Crippen MR) is 202 cm³/mol. The van der Waals surface area contributed by atoms with E-state index in [0.29, 0.717) is 66.2 Å². The molecule has 0 aliphatic carbocycles. The number of carbonyl (C=O) groups is 2. The van der Waals surface area contributed by atoms with Crippen molar-refractivity contribution in [3.05, 3.63) is 139 Å². The molecular formula is C38H28Cl4F4N8O2. The molecule has 6 heterocycles. The van der Waals surface area contributed by atoms with Crippen LogP contribution in [0, 0.1) is 23.3 Å². The van der Waals surface area contributed by atoms with Crippen molar-refractivity contribution in [3.63, 3.8) is 0 Å². The van der Waals surface area contributed by atoms with Crippen molar-refractivity contribution in [2.24, 2.45) is 0 Å². The van der Waals surface area contributed by atoms with Gasteiger partial charge in [0, 0.05) is 29.8 Å². The van der Waals surface area contributed by atoms with Crippen molar-refractivity contribution >= 4 is 58.2 Å². The Labute approximate surface area is 337 Å². The molecule has 0 unspecified atom stereocenters. The first-order valence-corrected chi connectivity index (χ1v) is 18.5. The minimum Gasteiger partial charge on any atom is -0.335 e. The highest BCUT2D eigenvalue weighted by molar-refractivity contribution is 6.31. The Morgan fingerprint density at radius 3 is 1.59 bits per heavy atom. The van der Waals surface area contributed by atoms with Gasteiger partial charge in [0.25, 0.3) is 0 Å². The van der Waals surface area contributed by atoms with E-state index in [0.717, 1.165) is 23.8 Å². The fourth-order valence-electron chi connectivity index (χ4n) is 6.41. The largest absolute Gasteiger partial charge is 0.335 e. The van der Waals surface area contributed by atoms with E-state index < -0.39 is 23.3 Å². The summed E-state index contributed by atoms with van der Waals surface area (Å²) in [5.74, 6) is -2.39. The van der Waals surface area contributed by atoms with Gasteiger partial charge in [0.15, 0.2) is 5.82 Å². The summed E-state index contributed by atoms with van der Waals surface area (Å²) >= 11 is 23.3. The predicted octanol–water partition coefficient (Wildman–Crippen LogP) is 8.23. The van der Waals surface area contributed by atoms with Crippen LogP contribution in [0.15, 0.2) is 73.3 Å². The van der Waals surface area contributed by atoms with E-state index in [-0.39, 0.29) is 51.4 Å². The monoisotopic (exact) mass is 844 g/mol. The molecule has 6 aromatic rings. The quantitative estimate of drug-likeness (QED) is 0.124. The van der Waals surface area contributed by atoms with E-state index in [1.165, 1.54) is 42.5 Å². The fourth-order valence-corrected chi connectivity index (χ4v) is 7.12. The van der Waals surface area contributed by atoms with Gasteiger partial charge in [0.05, 0.1) is 96.0 Å². The molecular weight excluding hydrogens is 818 g/mol. The molecule has 0 saturated carbocycles. The minimum absolute atomic E-state index is 0.0106. The van der Waals surface area contributed by atoms with Crippen LogP contribution in [0.1, 0.15) is 22.5 Å². The standard InChI is InChI=1S/2C19H14Cl2F2N4O/c20-13-5-11(1-2-15(13)22)6-19(28)26-3-4-27-18(10-26)12(8-25-27)17-7-14(21)16(23)9-24-17;20-14-5-11(1-2-15(14)22)6-19(28)26-3-4-27-17(10-26)13(8-25-27)12-7-18(21)24-9-16(12)23/h2*1-2,5,7-9H,3-4,6,10H2. The highest BCUT2D eigenvalue weighted by Gasteiger charge is 2.27. The molecule has 2 aliphatic heterocycles. The van der Waals surface area contributed by atoms with Gasteiger partial charge in [0.2, 0.25) is 11.8 Å². The van der Waals surface area contributed by atoms with Crippen LogP contribution >= 0.6 is 46.4 Å². The number of halogens is 8. The van der Waals surface area contributed by atoms with Gasteiger partial charge in [-0.3, -0.25) is 23.9 Å². The van der Waals surface area contributed by atoms with E-state index in [1.807, 2.05) is 0 Å². The average molecular weight is 846 g/mol. The summed E-state index contributed by atoms with van der Waals surface area (Å²) in [6.45, 7) is 2.61. The summed E-state index contributed by atoms with van der Waals surface area (Å²) in [5.41, 5.74) is 4.84. The van der Waals surface area contributed by atoms with Gasteiger partial charge in [-0.2, -0.15) is 10.2 Å². The SMILES string of the molecule is O=C(Cc1ccc(F)c(Cl)c1)N1CCn2ncc(-c3cc(Cl)c(F)cn3)c2C1.O=C(Cc1ccc(F)c(Cl)c1)N1CCn2ncc(-c3cc(Cl)ncc3F)c2C1. The van der Waals surface area contributed by atoms with E-state index >= 15 is 0 Å². The molecule has 2 aliphatic rings. The summed E-state index contributed by atoms with van der Waals surface area (Å²) < 4.78 is 57.8. The molecule has 4 aromatic heterocycles. The summed E-state index contributed by atoms with van der Waals surface area (Å²) in [6.07, 6.45) is 5.54. The van der Waals surface area contributed by atoms with E-state index in [2.05, 4.69) is 20.2 Å². The van der Waals surface area contributed by atoms with Gasteiger partial charge >= 0.3 is 0 Å². The van der Waals surface area contributed by atoms with E-state index in [9.17, 15) is 27.2 Å². The number of pyridine rings is 2. The van der Waals surface area contributed by atoms with Crippen LogP contribution in [0.4, 0.5) is 17.6 Å². The third kappa shape index (κ3) is 8.53. The molecule has 56 heavy (non-hydrogen) atoms. The van der Waals surface area contributed by atoms with Crippen LogP contribution in [0.5, 0.6) is 0 Å². The van der Waals surface area contributed by atoms with Crippen LogP contribution in [0.25, 0.3) is 22.4 Å². The van der Waals surface area contributed by atoms with Crippen LogP contribution in [0.2, 0.25) is 20.2 Å². The molecule has 10 nitrogen and oxygen atoms in total. The van der Waals surface area contributed by atoms with Gasteiger partial charge in [-0.25, -0.2) is 22.5 Å². The topological polar surface area (TPSA) is 102 Å². The number of fused-ring (bicyclic) bond motifs is 2. The van der Waals surface area contributed by atoms with Crippen molar-refractivity contribution in [3.8, 4) is 22.4 Å². The third-order valence-corrected chi connectivity index (χ3v) is 10.4. The summed E-state index contributed by atoms with van der Waals surface area (Å²) in [5, 5.41) is 8.74. The second kappa shape index (κ2) is 16.6. The van der Waals surface area contributed by atoms with Crippen LogP contribution in [0.3, 0.4) is 0 Å². The first-order chi connectivity index (χ1) is 26.8. The zero-order valence-corrected chi connectivity index (χ0v) is 32.0. The third-order valence-electron chi connectivity index (χ3n) is 9.32. The Balaban J connectivity index is 0.000000172. The Morgan fingerprint density at radius 2 is 1.05 bits per heavy atom. The number of amides is 2. The maximum atomic E-state index is 14.2. The second-order valence-electron chi connectivity index (χ2n) is 12.9. The number of hydrogen-bond acceptors (Lipinski definition) is 6. The second-order valence-corrected chi connectivity index (χ2v) is 14.5. The number of hydrogen-bond donors (Lipinski definition) is 0. The molecule has 0 atom stereocenters. The van der Waals surface area contributed by atoms with Crippen LogP contribution in [-0.4, -0.2) is 64.2 Å². The lowest BCUT2D eigenvalue weighted by atomic mass is 10.1. The molecule has 0 bridgehead atoms. The van der Waals surface area contributed by atoms with Gasteiger partial charge in [-0.15, -0.1) is 0 Å². The molecule has 8 rings (SSSR count). The summed E-state index contributed by atoms with van der Waals surface area (Å²) in [7, 11) is 0. The van der Waals surface area contributed by atoms with Gasteiger partial charge in [0.1, 0.15) is 22.6 Å².